The van der Waals surface area contributed by atoms with Crippen LogP contribution < -0.4 is 10.6 Å². The average molecular weight is 653 g/mol. The first-order valence-electron chi connectivity index (χ1n) is 16.5. The molecule has 244 valence electrons. The quantitative estimate of drug-likeness (QED) is 0.185. The first-order chi connectivity index (χ1) is 24.4. The van der Waals surface area contributed by atoms with E-state index in [0.717, 1.165) is 67.1 Å². The second kappa shape index (κ2) is 14.3. The molecule has 0 saturated carbocycles. The van der Waals surface area contributed by atoms with Crippen molar-refractivity contribution in [2.45, 2.75) is 27.7 Å². The molecule has 2 N–H and O–H groups in total. The number of allylic oxidation sites excluding steroid dienone is 4. The van der Waals surface area contributed by atoms with E-state index in [2.05, 4.69) is 47.0 Å². The summed E-state index contributed by atoms with van der Waals surface area (Å²) in [6.45, 7) is 7.86. The summed E-state index contributed by atoms with van der Waals surface area (Å²) in [5.41, 5.74) is 8.86. The van der Waals surface area contributed by atoms with Crippen molar-refractivity contribution in [2.75, 3.05) is 10.6 Å². The molecule has 0 fully saturated rings. The van der Waals surface area contributed by atoms with E-state index in [0.29, 0.717) is 22.8 Å². The molecule has 0 radical (unpaired) electrons. The van der Waals surface area contributed by atoms with Crippen LogP contribution in [0.4, 0.5) is 34.1 Å². The molecule has 1 aliphatic rings. The smallest absolute Gasteiger partial charge is 0.126 e. The third-order valence-electron chi connectivity index (χ3n) is 8.47. The van der Waals surface area contributed by atoms with Crippen LogP contribution in [0.5, 0.6) is 0 Å². The van der Waals surface area contributed by atoms with Crippen molar-refractivity contribution in [3.63, 3.8) is 0 Å². The van der Waals surface area contributed by atoms with E-state index >= 15 is 0 Å². The van der Waals surface area contributed by atoms with Crippen LogP contribution in [0.1, 0.15) is 27.7 Å². The molecule has 0 spiro atoms. The summed E-state index contributed by atoms with van der Waals surface area (Å²) in [6.07, 6.45) is 0. The molecular weight excluding hydrogens is 617 g/mol. The Kier molecular flexibility index (Phi) is 9.16. The number of azo groups is 2. The van der Waals surface area contributed by atoms with Crippen LogP contribution in [0.25, 0.3) is 21.5 Å². The number of anilines is 2. The summed E-state index contributed by atoms with van der Waals surface area (Å²) >= 11 is 0. The van der Waals surface area contributed by atoms with E-state index in [9.17, 15) is 0 Å². The lowest BCUT2D eigenvalue weighted by Gasteiger charge is -2.16. The topological polar surface area (TPSA) is 98.2 Å². The molecule has 0 unspecified atom stereocenters. The number of rotatable bonds is 4. The van der Waals surface area contributed by atoms with Gasteiger partial charge in [-0.2, -0.15) is 0 Å². The van der Waals surface area contributed by atoms with Gasteiger partial charge < -0.3 is 10.6 Å². The third-order valence-corrected chi connectivity index (χ3v) is 8.47. The minimum Gasteiger partial charge on any atom is -0.355 e. The van der Waals surface area contributed by atoms with Crippen LogP contribution in [0.15, 0.2) is 187 Å². The van der Waals surface area contributed by atoms with Crippen LogP contribution in [0.2, 0.25) is 0 Å². The summed E-state index contributed by atoms with van der Waals surface area (Å²) in [4.78, 5) is 10.2. The number of aliphatic imine (C=N–C) groups is 2. The van der Waals surface area contributed by atoms with Gasteiger partial charge in [0, 0.05) is 22.2 Å². The molecule has 0 saturated heterocycles. The molecule has 8 nitrogen and oxygen atoms in total. The highest BCUT2D eigenvalue weighted by molar-refractivity contribution is 6.03. The highest BCUT2D eigenvalue weighted by Gasteiger charge is 2.15. The van der Waals surface area contributed by atoms with Gasteiger partial charge >= 0.3 is 0 Å². The monoisotopic (exact) mass is 652 g/mol. The predicted octanol–water partition coefficient (Wildman–Crippen LogP) is 12.7. The number of hydrogen-bond acceptors (Lipinski definition) is 8. The van der Waals surface area contributed by atoms with Crippen LogP contribution >= 0.6 is 0 Å². The van der Waals surface area contributed by atoms with Gasteiger partial charge in [0.1, 0.15) is 11.4 Å². The lowest BCUT2D eigenvalue weighted by atomic mass is 10.1. The second-order valence-electron chi connectivity index (χ2n) is 12.0. The number of nitrogens with one attached hydrogen (secondary N) is 2. The van der Waals surface area contributed by atoms with Crippen molar-refractivity contribution < 1.29 is 0 Å². The zero-order valence-corrected chi connectivity index (χ0v) is 28.4. The molecule has 1 heterocycles. The molecule has 50 heavy (non-hydrogen) atoms. The van der Waals surface area contributed by atoms with Gasteiger partial charge in [-0.05, 0) is 74.9 Å². The highest BCUT2D eigenvalue weighted by atomic mass is 15.1. The zero-order chi connectivity index (χ0) is 34.5. The Morgan fingerprint density at radius 2 is 0.780 bits per heavy atom. The summed E-state index contributed by atoms with van der Waals surface area (Å²) in [7, 11) is 0. The predicted molar refractivity (Wildman–Crippen MR) is 208 cm³/mol. The average Bonchev–Trinajstić information content (AvgIpc) is 3.13. The van der Waals surface area contributed by atoms with E-state index in [1.54, 1.807) is 0 Å². The van der Waals surface area contributed by atoms with Crippen LogP contribution in [0.3, 0.4) is 0 Å². The van der Waals surface area contributed by atoms with Crippen molar-refractivity contribution in [3.8, 4) is 0 Å². The number of fused-ring (bicyclic) bond motifs is 4. The van der Waals surface area contributed by atoms with Gasteiger partial charge in [-0.1, -0.05) is 97.1 Å². The maximum atomic E-state index is 5.09. The third kappa shape index (κ3) is 6.86. The Bertz CT molecular complexity index is 2250. The maximum Gasteiger partial charge on any atom is 0.126 e. The molecule has 0 amide bonds. The van der Waals surface area contributed by atoms with Gasteiger partial charge in [-0.3, -0.25) is 0 Å². The van der Waals surface area contributed by atoms with E-state index in [4.69, 9.17) is 30.4 Å². The van der Waals surface area contributed by atoms with Crippen LogP contribution in [-0.4, -0.2) is 11.4 Å². The fourth-order valence-electron chi connectivity index (χ4n) is 5.98. The zero-order valence-electron chi connectivity index (χ0n) is 28.4. The second-order valence-corrected chi connectivity index (χ2v) is 12.0. The maximum absolute atomic E-state index is 5.09. The van der Waals surface area contributed by atoms with Crippen LogP contribution in [-0.2, 0) is 0 Å². The van der Waals surface area contributed by atoms with Gasteiger partial charge in [0.15, 0.2) is 0 Å². The van der Waals surface area contributed by atoms with Gasteiger partial charge in [-0.15, -0.1) is 20.5 Å². The van der Waals surface area contributed by atoms with Crippen molar-refractivity contribution in [1.29, 1.82) is 0 Å². The van der Waals surface area contributed by atoms with Gasteiger partial charge in [0.25, 0.3) is 0 Å². The molecule has 0 bridgehead atoms. The number of nitrogens with zero attached hydrogens (tertiary/aromatic N) is 6. The standard InChI is InChI=1S/C42H36N8/c1-27-41(49-47-35-25-13-17-31-15-5-7-19-33(31)35)28(2)44-39-23-11-12-24-40(39)46-30(4)42(29(3)45-38-22-10-9-21-37(38)43-27)50-48-36-26-14-18-32-16-6-8-20-34(32)36/h5-26,43,46H,1-4H3/b41-27+,42-30+,44-28?,45-29?,49-47?,50-48?. The molecule has 7 rings (SSSR count). The Morgan fingerprint density at radius 3 is 1.24 bits per heavy atom. The Labute approximate surface area is 291 Å². The fraction of sp³-hybridized carbons (Fsp3) is 0.0952. The SMILES string of the molecule is CC1=Nc2ccccc2N/C(C)=C(/N=Nc2cccc3ccccc23)C(C)=Nc2ccccc2N/C(C)=C\1N=Nc1cccc2ccccc12. The normalized spacial score (nSPS) is 17.1. The van der Waals surface area contributed by atoms with E-state index in [1.807, 2.05) is 125 Å². The van der Waals surface area contributed by atoms with Crippen molar-refractivity contribution >= 4 is 67.1 Å². The largest absolute Gasteiger partial charge is 0.355 e. The van der Waals surface area contributed by atoms with Crippen molar-refractivity contribution in [1.82, 2.24) is 0 Å². The summed E-state index contributed by atoms with van der Waals surface area (Å²) in [5.74, 6) is 0. The molecule has 8 heteroatoms. The van der Waals surface area contributed by atoms with Gasteiger partial charge in [-0.25, -0.2) is 9.98 Å². The summed E-state index contributed by atoms with van der Waals surface area (Å²) < 4.78 is 0. The van der Waals surface area contributed by atoms with Gasteiger partial charge in [0.05, 0.1) is 45.5 Å². The number of hydrogen-bond donors (Lipinski definition) is 2. The minimum absolute atomic E-state index is 0.622. The van der Waals surface area contributed by atoms with Crippen molar-refractivity contribution in [2.24, 2.45) is 30.4 Å². The summed E-state index contributed by atoms with van der Waals surface area (Å²) in [5, 5.41) is 30.5. The van der Waals surface area contributed by atoms with Crippen molar-refractivity contribution in [3.05, 3.63) is 156 Å². The molecule has 0 atom stereocenters. The van der Waals surface area contributed by atoms with E-state index in [1.165, 1.54) is 0 Å². The van der Waals surface area contributed by atoms with E-state index in [-0.39, 0.29) is 0 Å². The lowest BCUT2D eigenvalue weighted by Crippen LogP contribution is -2.08. The number of benzene rings is 6. The Morgan fingerprint density at radius 1 is 0.400 bits per heavy atom. The first-order valence-corrected chi connectivity index (χ1v) is 16.5. The molecule has 6 aromatic carbocycles. The highest BCUT2D eigenvalue weighted by Crippen LogP contribution is 2.34. The van der Waals surface area contributed by atoms with Gasteiger partial charge in [0.2, 0.25) is 0 Å². The molecule has 0 aliphatic carbocycles. The van der Waals surface area contributed by atoms with E-state index < -0.39 is 0 Å². The number of para-hydroxylation sites is 4. The molecular formula is C42H36N8. The summed E-state index contributed by atoms with van der Waals surface area (Å²) in [6, 6.07) is 44.2. The lowest BCUT2D eigenvalue weighted by molar-refractivity contribution is 1.13. The molecule has 6 aromatic rings. The van der Waals surface area contributed by atoms with Crippen LogP contribution in [0, 0.1) is 0 Å². The Hall–Kier alpha value is -6.54. The minimum atomic E-state index is 0.622. The first kappa shape index (κ1) is 32.0. The molecule has 1 aliphatic heterocycles. The Balaban J connectivity index is 1.37. The molecule has 0 aromatic heterocycles. The fourth-order valence-corrected chi connectivity index (χ4v) is 5.98.